The number of carbonyl (C=O) groups is 3. The van der Waals surface area contributed by atoms with Gasteiger partial charge in [0.1, 0.15) is 18.0 Å². The first-order valence-corrected chi connectivity index (χ1v) is 17.3. The van der Waals surface area contributed by atoms with E-state index in [-0.39, 0.29) is 40.3 Å². The van der Waals surface area contributed by atoms with Crippen molar-refractivity contribution in [1.82, 2.24) is 0 Å². The molecule has 10 heteroatoms. The molecule has 2 saturated carbocycles. The maximum absolute atomic E-state index is 14.1. The van der Waals surface area contributed by atoms with Crippen LogP contribution in [0.2, 0.25) is 0 Å². The van der Waals surface area contributed by atoms with E-state index >= 15 is 0 Å². The number of carbonyl (C=O) groups excluding carboxylic acids is 3. The van der Waals surface area contributed by atoms with Crippen LogP contribution in [0.3, 0.4) is 0 Å². The summed E-state index contributed by atoms with van der Waals surface area (Å²) in [7, 11) is -4.50. The molecule has 3 aromatic rings. The quantitative estimate of drug-likeness (QED) is 0.216. The third kappa shape index (κ3) is 4.22. The average Bonchev–Trinajstić information content (AvgIpc) is 3.65. The first-order chi connectivity index (χ1) is 21.9. The van der Waals surface area contributed by atoms with Gasteiger partial charge in [-0.15, -0.1) is 0 Å². The molecule has 1 aliphatic heterocycles. The van der Waals surface area contributed by atoms with Crippen molar-refractivity contribution in [3.63, 3.8) is 0 Å². The van der Waals surface area contributed by atoms with E-state index in [0.29, 0.717) is 24.0 Å². The van der Waals surface area contributed by atoms with Crippen LogP contribution in [0.15, 0.2) is 65.6 Å². The molecule has 9 nitrogen and oxygen atoms in total. The molecule has 0 spiro atoms. The lowest BCUT2D eigenvalue weighted by Gasteiger charge is -2.45. The molecule has 7 unspecified atom stereocenters. The maximum Gasteiger partial charge on any atom is 0.315 e. The van der Waals surface area contributed by atoms with Crippen LogP contribution in [0.1, 0.15) is 77.8 Å². The Bertz CT molecular complexity index is 1880. The summed E-state index contributed by atoms with van der Waals surface area (Å²) in [4.78, 5) is 40.7. The van der Waals surface area contributed by atoms with Crippen LogP contribution in [-0.4, -0.2) is 43.1 Å². The topological polar surface area (TPSA) is 133 Å². The Morgan fingerprint density at radius 2 is 1.54 bits per heavy atom. The van der Waals surface area contributed by atoms with Gasteiger partial charge in [-0.3, -0.25) is 18.9 Å². The van der Waals surface area contributed by atoms with Crippen LogP contribution >= 0.6 is 0 Å². The Kier molecular flexibility index (Phi) is 6.54. The number of esters is 3. The number of hydrogen-bond donors (Lipinski definition) is 1. The minimum Gasteiger partial charge on any atom is -0.458 e. The van der Waals surface area contributed by atoms with Crippen LogP contribution in [0.5, 0.6) is 5.75 Å². The first-order valence-electron chi connectivity index (χ1n) is 15.9. The van der Waals surface area contributed by atoms with Gasteiger partial charge in [0.05, 0.1) is 22.6 Å². The Morgan fingerprint density at radius 1 is 0.913 bits per heavy atom. The number of aryl methyl sites for hydroxylation is 1. The zero-order valence-corrected chi connectivity index (χ0v) is 26.4. The fourth-order valence-corrected chi connectivity index (χ4v) is 10.1. The number of fused-ring (bicyclic) bond motifs is 2. The van der Waals surface area contributed by atoms with E-state index in [9.17, 15) is 27.4 Å². The number of benzene rings is 3. The molecular weight excluding hydrogens is 608 g/mol. The van der Waals surface area contributed by atoms with Gasteiger partial charge in [0.15, 0.2) is 0 Å². The van der Waals surface area contributed by atoms with Crippen LogP contribution in [0, 0.1) is 36.5 Å². The predicted molar refractivity (Wildman–Crippen MR) is 164 cm³/mol. The fraction of sp³-hybridized carbons (Fsp3) is 0.417. The van der Waals surface area contributed by atoms with Crippen LogP contribution in [0.25, 0.3) is 0 Å². The second-order valence-corrected chi connectivity index (χ2v) is 15.1. The van der Waals surface area contributed by atoms with E-state index < -0.39 is 57.9 Å². The second kappa shape index (κ2) is 10.2. The molecule has 6 aliphatic rings. The SMILES string of the molecule is Cc1cc(S(=O)(=O)O)c(C(C)C)cc1OC(=O)C1C2CC3C(OC(=O)C31)C2OC(=O)C1CC2c3ccccc3C1c1ccccc12. The van der Waals surface area contributed by atoms with Crippen molar-refractivity contribution in [2.75, 3.05) is 0 Å². The van der Waals surface area contributed by atoms with Gasteiger partial charge in [0.2, 0.25) is 0 Å². The summed E-state index contributed by atoms with van der Waals surface area (Å²) in [6, 6.07) is 19.2. The molecule has 238 valence electrons. The summed E-state index contributed by atoms with van der Waals surface area (Å²) < 4.78 is 51.7. The predicted octanol–water partition coefficient (Wildman–Crippen LogP) is 5.29. The van der Waals surface area contributed by atoms with Gasteiger partial charge in [-0.1, -0.05) is 62.4 Å². The summed E-state index contributed by atoms with van der Waals surface area (Å²) in [5.74, 6) is -4.37. The molecule has 0 amide bonds. The third-order valence-electron chi connectivity index (χ3n) is 11.1. The smallest absolute Gasteiger partial charge is 0.315 e. The standard InChI is InChI=1S/C36H34O9S/c1-16(2)22-15-27(17(3)12-28(22)46(40,41)42)43-35(38)30-24-14-25-31(30)36(39)45-33(25)32(24)44-34(37)26-13-23-18-8-4-6-10-20(18)29(26)21-11-7-5-9-19(21)23/h4-12,15-16,23-26,29-33H,13-14H2,1-3H3,(H,40,41,42). The molecule has 0 radical (unpaired) electrons. The minimum absolute atomic E-state index is 0.0811. The zero-order valence-electron chi connectivity index (χ0n) is 25.6. The molecule has 0 aromatic heterocycles. The van der Waals surface area contributed by atoms with E-state index in [1.807, 2.05) is 24.3 Å². The van der Waals surface area contributed by atoms with Crippen molar-refractivity contribution in [2.24, 2.45) is 29.6 Å². The molecule has 1 N–H and O–H groups in total. The van der Waals surface area contributed by atoms with Crippen molar-refractivity contribution >= 4 is 28.0 Å². The highest BCUT2D eigenvalue weighted by molar-refractivity contribution is 7.85. The van der Waals surface area contributed by atoms with E-state index in [1.54, 1.807) is 20.8 Å². The largest absolute Gasteiger partial charge is 0.458 e. The fourth-order valence-electron chi connectivity index (χ4n) is 9.20. The van der Waals surface area contributed by atoms with Gasteiger partial charge in [-0.2, -0.15) is 8.42 Å². The summed E-state index contributed by atoms with van der Waals surface area (Å²) >= 11 is 0. The highest BCUT2D eigenvalue weighted by Crippen LogP contribution is 2.60. The molecule has 5 aliphatic carbocycles. The van der Waals surface area contributed by atoms with E-state index in [2.05, 4.69) is 24.3 Å². The molecule has 3 fully saturated rings. The average molecular weight is 643 g/mol. The first kappa shape index (κ1) is 29.4. The van der Waals surface area contributed by atoms with E-state index in [1.165, 1.54) is 23.3 Å². The third-order valence-corrected chi connectivity index (χ3v) is 12.0. The molecule has 9 rings (SSSR count). The summed E-state index contributed by atoms with van der Waals surface area (Å²) in [6.45, 7) is 5.12. The summed E-state index contributed by atoms with van der Waals surface area (Å²) in [5.41, 5.74) is 5.41. The zero-order chi connectivity index (χ0) is 32.2. The van der Waals surface area contributed by atoms with Crippen molar-refractivity contribution in [3.05, 3.63) is 94.0 Å². The maximum atomic E-state index is 14.1. The molecule has 7 atom stereocenters. The van der Waals surface area contributed by atoms with Crippen molar-refractivity contribution in [1.29, 1.82) is 0 Å². The second-order valence-electron chi connectivity index (χ2n) is 13.8. The normalized spacial score (nSPS) is 31.4. The van der Waals surface area contributed by atoms with Crippen LogP contribution < -0.4 is 4.74 Å². The van der Waals surface area contributed by atoms with Crippen LogP contribution in [0.4, 0.5) is 0 Å². The molecule has 46 heavy (non-hydrogen) atoms. The Labute approximate surface area is 267 Å². The number of rotatable bonds is 6. The number of hydrogen-bond acceptors (Lipinski definition) is 8. The van der Waals surface area contributed by atoms with Crippen molar-refractivity contribution < 1.29 is 41.6 Å². The van der Waals surface area contributed by atoms with Crippen molar-refractivity contribution in [3.8, 4) is 5.75 Å². The minimum atomic E-state index is -4.50. The lowest BCUT2D eigenvalue weighted by Crippen LogP contribution is -2.46. The van der Waals surface area contributed by atoms with E-state index in [4.69, 9.17) is 14.2 Å². The highest BCUT2D eigenvalue weighted by Gasteiger charge is 2.70. The molecule has 1 saturated heterocycles. The number of ether oxygens (including phenoxy) is 3. The lowest BCUT2D eigenvalue weighted by atomic mass is 9.59. The highest BCUT2D eigenvalue weighted by atomic mass is 32.2. The molecule has 4 bridgehead atoms. The van der Waals surface area contributed by atoms with Gasteiger partial charge < -0.3 is 14.2 Å². The Hall–Kier alpha value is -4.02. The van der Waals surface area contributed by atoms with E-state index in [0.717, 1.165) is 11.1 Å². The Morgan fingerprint density at radius 3 is 2.15 bits per heavy atom. The van der Waals surface area contributed by atoms with Crippen molar-refractivity contribution in [2.45, 2.75) is 68.5 Å². The van der Waals surface area contributed by atoms with Gasteiger partial charge in [0, 0.05) is 23.7 Å². The molecule has 3 aromatic carbocycles. The van der Waals surface area contributed by atoms with Gasteiger partial charge in [0.25, 0.3) is 10.1 Å². The van der Waals surface area contributed by atoms with Gasteiger partial charge in [-0.05, 0) is 71.2 Å². The van der Waals surface area contributed by atoms with Crippen LogP contribution in [-0.2, 0) is 34.0 Å². The van der Waals surface area contributed by atoms with Gasteiger partial charge >= 0.3 is 17.9 Å². The molecular formula is C36H34O9S. The molecule has 1 heterocycles. The lowest BCUT2D eigenvalue weighted by molar-refractivity contribution is -0.169. The summed E-state index contributed by atoms with van der Waals surface area (Å²) in [5, 5.41) is 0. The van der Waals surface area contributed by atoms with Gasteiger partial charge in [-0.25, -0.2) is 0 Å². The summed E-state index contributed by atoms with van der Waals surface area (Å²) in [6.07, 6.45) is -0.246. The monoisotopic (exact) mass is 642 g/mol. The Balaban J connectivity index is 1.07.